The number of benzene rings is 1. The zero-order valence-corrected chi connectivity index (χ0v) is 12.8. The Morgan fingerprint density at radius 3 is 2.63 bits per heavy atom. The molecule has 0 aromatic heterocycles. The Morgan fingerprint density at radius 1 is 1.21 bits per heavy atom. The first-order valence-electron chi connectivity index (χ1n) is 6.58. The molecule has 0 spiro atoms. The van der Waals surface area contributed by atoms with Crippen LogP contribution in [0.2, 0.25) is 10.0 Å². The maximum atomic E-state index is 6.02. The van der Waals surface area contributed by atoms with E-state index in [1.165, 1.54) is 5.56 Å². The van der Waals surface area contributed by atoms with Crippen molar-refractivity contribution in [2.45, 2.75) is 6.54 Å². The van der Waals surface area contributed by atoms with Crippen LogP contribution in [0.25, 0.3) is 0 Å². The first kappa shape index (κ1) is 15.1. The Balaban J connectivity index is 1.76. The van der Waals surface area contributed by atoms with Gasteiger partial charge in [0.05, 0.1) is 23.3 Å². The van der Waals surface area contributed by atoms with Gasteiger partial charge < -0.3 is 9.64 Å². The van der Waals surface area contributed by atoms with Crippen LogP contribution < -0.4 is 0 Å². The fourth-order valence-corrected chi connectivity index (χ4v) is 2.49. The molecular weight excluding hydrogens is 283 g/mol. The van der Waals surface area contributed by atoms with E-state index in [0.717, 1.165) is 45.9 Å². The van der Waals surface area contributed by atoms with Gasteiger partial charge in [0.2, 0.25) is 0 Å². The number of hydrogen-bond donors (Lipinski definition) is 0. The van der Waals surface area contributed by atoms with E-state index in [-0.39, 0.29) is 0 Å². The third-order valence-electron chi connectivity index (χ3n) is 3.34. The van der Waals surface area contributed by atoms with Crippen LogP contribution in [0.15, 0.2) is 18.2 Å². The van der Waals surface area contributed by atoms with Crippen molar-refractivity contribution in [2.24, 2.45) is 0 Å². The first-order valence-corrected chi connectivity index (χ1v) is 7.33. The summed E-state index contributed by atoms with van der Waals surface area (Å²) in [5, 5.41) is 1.24. The van der Waals surface area contributed by atoms with E-state index in [1.54, 1.807) is 0 Å². The van der Waals surface area contributed by atoms with Crippen molar-refractivity contribution in [1.82, 2.24) is 9.80 Å². The van der Waals surface area contributed by atoms with Gasteiger partial charge in [-0.15, -0.1) is 0 Å². The van der Waals surface area contributed by atoms with Gasteiger partial charge in [0.1, 0.15) is 0 Å². The second-order valence-electron chi connectivity index (χ2n) is 4.94. The number of halogens is 2. The third-order valence-corrected chi connectivity index (χ3v) is 4.08. The van der Waals surface area contributed by atoms with Gasteiger partial charge in [-0.2, -0.15) is 0 Å². The lowest BCUT2D eigenvalue weighted by Crippen LogP contribution is -2.40. The maximum absolute atomic E-state index is 6.02. The molecule has 1 aliphatic rings. The molecule has 5 heteroatoms. The van der Waals surface area contributed by atoms with E-state index >= 15 is 0 Å². The molecule has 2 rings (SSSR count). The van der Waals surface area contributed by atoms with Gasteiger partial charge in [-0.3, -0.25) is 4.90 Å². The van der Waals surface area contributed by atoms with E-state index in [0.29, 0.717) is 10.0 Å². The molecule has 0 aliphatic carbocycles. The predicted octanol–water partition coefficient (Wildman–Crippen LogP) is 2.76. The number of hydrogen-bond acceptors (Lipinski definition) is 3. The molecule has 0 amide bonds. The second kappa shape index (κ2) is 7.46. The fraction of sp³-hybridized carbons (Fsp3) is 0.571. The van der Waals surface area contributed by atoms with E-state index in [2.05, 4.69) is 16.8 Å². The van der Waals surface area contributed by atoms with Gasteiger partial charge in [-0.1, -0.05) is 29.3 Å². The average molecular weight is 303 g/mol. The first-order chi connectivity index (χ1) is 9.15. The fourth-order valence-electron chi connectivity index (χ4n) is 2.17. The summed E-state index contributed by atoms with van der Waals surface area (Å²) in [7, 11) is 2.13. The molecule has 0 saturated carbocycles. The number of ether oxygens (including phenoxy) is 1. The quantitative estimate of drug-likeness (QED) is 0.832. The minimum absolute atomic E-state index is 0.612. The topological polar surface area (TPSA) is 15.7 Å². The highest BCUT2D eigenvalue weighted by atomic mass is 35.5. The Bertz CT molecular complexity index is 408. The second-order valence-corrected chi connectivity index (χ2v) is 5.75. The summed E-state index contributed by atoms with van der Waals surface area (Å²) in [4.78, 5) is 4.74. The predicted molar refractivity (Wildman–Crippen MR) is 80.1 cm³/mol. The molecule has 106 valence electrons. The molecule has 0 bridgehead atoms. The molecule has 0 atom stereocenters. The molecule has 1 aromatic carbocycles. The Labute approximate surface area is 125 Å². The van der Waals surface area contributed by atoms with Crippen LogP contribution in [0.1, 0.15) is 5.56 Å². The lowest BCUT2D eigenvalue weighted by atomic mass is 10.2. The van der Waals surface area contributed by atoms with Crippen molar-refractivity contribution in [3.63, 3.8) is 0 Å². The van der Waals surface area contributed by atoms with Crippen LogP contribution in [0.3, 0.4) is 0 Å². The van der Waals surface area contributed by atoms with Gasteiger partial charge in [0.25, 0.3) is 0 Å². The van der Waals surface area contributed by atoms with Gasteiger partial charge in [-0.25, -0.2) is 0 Å². The van der Waals surface area contributed by atoms with Crippen molar-refractivity contribution >= 4 is 23.2 Å². The smallest absolute Gasteiger partial charge is 0.0595 e. The Morgan fingerprint density at radius 2 is 1.95 bits per heavy atom. The van der Waals surface area contributed by atoms with Gasteiger partial charge >= 0.3 is 0 Å². The lowest BCUT2D eigenvalue weighted by Gasteiger charge is -2.28. The van der Waals surface area contributed by atoms with Crippen LogP contribution >= 0.6 is 23.2 Å². The van der Waals surface area contributed by atoms with E-state index in [1.807, 2.05) is 18.2 Å². The Hall–Kier alpha value is -0.320. The number of morpholine rings is 1. The largest absolute Gasteiger partial charge is 0.379 e. The standard InChI is InChI=1S/C14H20Cl2N2O/c1-17(4-5-18-6-8-19-9-7-18)11-12-2-3-13(15)14(16)10-12/h2-3,10H,4-9,11H2,1H3. The summed E-state index contributed by atoms with van der Waals surface area (Å²) in [6, 6.07) is 5.82. The van der Waals surface area contributed by atoms with Gasteiger partial charge in [-0.05, 0) is 24.7 Å². The molecule has 1 fully saturated rings. The minimum atomic E-state index is 0.612. The highest BCUT2D eigenvalue weighted by Crippen LogP contribution is 2.23. The van der Waals surface area contributed by atoms with E-state index in [9.17, 15) is 0 Å². The highest BCUT2D eigenvalue weighted by Gasteiger charge is 2.11. The summed E-state index contributed by atoms with van der Waals surface area (Å²) in [6.45, 7) is 6.82. The summed E-state index contributed by atoms with van der Waals surface area (Å²) in [5.41, 5.74) is 1.19. The maximum Gasteiger partial charge on any atom is 0.0595 e. The Kier molecular flexibility index (Phi) is 5.92. The van der Waals surface area contributed by atoms with Crippen LogP contribution in [0.5, 0.6) is 0 Å². The molecule has 1 heterocycles. The summed E-state index contributed by atoms with van der Waals surface area (Å²) in [5.74, 6) is 0. The summed E-state index contributed by atoms with van der Waals surface area (Å²) in [6.07, 6.45) is 0. The lowest BCUT2D eigenvalue weighted by molar-refractivity contribution is 0.0342. The highest BCUT2D eigenvalue weighted by molar-refractivity contribution is 6.42. The number of likely N-dealkylation sites (N-methyl/N-ethyl adjacent to an activating group) is 1. The molecule has 0 unspecified atom stereocenters. The number of rotatable bonds is 5. The molecular formula is C14H20Cl2N2O. The monoisotopic (exact) mass is 302 g/mol. The van der Waals surface area contributed by atoms with Crippen LogP contribution in [-0.4, -0.2) is 56.2 Å². The summed E-state index contributed by atoms with van der Waals surface area (Å²) >= 11 is 11.9. The average Bonchev–Trinajstić information content (AvgIpc) is 2.42. The molecule has 1 aromatic rings. The van der Waals surface area contributed by atoms with Gasteiger partial charge in [0.15, 0.2) is 0 Å². The van der Waals surface area contributed by atoms with Crippen molar-refractivity contribution in [2.75, 3.05) is 46.4 Å². The van der Waals surface area contributed by atoms with Crippen molar-refractivity contribution < 1.29 is 4.74 Å². The van der Waals surface area contributed by atoms with Crippen molar-refractivity contribution in [1.29, 1.82) is 0 Å². The zero-order valence-electron chi connectivity index (χ0n) is 11.2. The molecule has 0 radical (unpaired) electrons. The SMILES string of the molecule is CN(CCN1CCOCC1)Cc1ccc(Cl)c(Cl)c1. The third kappa shape index (κ3) is 4.93. The number of nitrogens with zero attached hydrogens (tertiary/aromatic N) is 2. The molecule has 19 heavy (non-hydrogen) atoms. The minimum Gasteiger partial charge on any atom is -0.379 e. The van der Waals surface area contributed by atoms with Crippen molar-refractivity contribution in [3.8, 4) is 0 Å². The molecule has 1 aliphatic heterocycles. The zero-order chi connectivity index (χ0) is 13.7. The molecule has 3 nitrogen and oxygen atoms in total. The van der Waals surface area contributed by atoms with Crippen molar-refractivity contribution in [3.05, 3.63) is 33.8 Å². The summed E-state index contributed by atoms with van der Waals surface area (Å²) < 4.78 is 5.34. The van der Waals surface area contributed by atoms with E-state index < -0.39 is 0 Å². The molecule has 1 saturated heterocycles. The van der Waals surface area contributed by atoms with Crippen LogP contribution in [-0.2, 0) is 11.3 Å². The van der Waals surface area contributed by atoms with Crippen LogP contribution in [0.4, 0.5) is 0 Å². The van der Waals surface area contributed by atoms with Gasteiger partial charge in [0, 0.05) is 32.7 Å². The normalized spacial score (nSPS) is 17.1. The molecule has 0 N–H and O–H groups in total. The van der Waals surface area contributed by atoms with Crippen LogP contribution in [0, 0.1) is 0 Å². The van der Waals surface area contributed by atoms with E-state index in [4.69, 9.17) is 27.9 Å².